The minimum atomic E-state index is -1.14. The van der Waals surface area contributed by atoms with Gasteiger partial charge in [0.1, 0.15) is 0 Å². The predicted molar refractivity (Wildman–Crippen MR) is 51.6 cm³/mol. The summed E-state index contributed by atoms with van der Waals surface area (Å²) in [6.07, 6.45) is 1.00. The molecule has 0 amide bonds. The quantitative estimate of drug-likeness (QED) is 0.806. The second-order valence-corrected chi connectivity index (χ2v) is 5.08. The molecule has 2 rings (SSSR count). The van der Waals surface area contributed by atoms with E-state index in [-0.39, 0.29) is 17.2 Å². The molecule has 0 radical (unpaired) electrons. The van der Waals surface area contributed by atoms with Crippen LogP contribution >= 0.6 is 0 Å². The summed E-state index contributed by atoms with van der Waals surface area (Å²) in [6.45, 7) is 6.48. The standard InChI is InChI=1S/C10H14N2O3/c1-10(2,3)6-4-5(6)8-11-7(9(13)14)12-15-8/h5-6H,4H2,1-3H3,(H,13,14). The summed E-state index contributed by atoms with van der Waals surface area (Å²) in [5.41, 5.74) is 0.211. The van der Waals surface area contributed by atoms with Crippen molar-refractivity contribution in [3.05, 3.63) is 11.7 Å². The summed E-state index contributed by atoms with van der Waals surface area (Å²) in [5, 5.41) is 12.0. The molecule has 0 saturated heterocycles. The van der Waals surface area contributed by atoms with Crippen molar-refractivity contribution in [1.82, 2.24) is 10.1 Å². The zero-order valence-corrected chi connectivity index (χ0v) is 9.02. The van der Waals surface area contributed by atoms with Crippen LogP contribution in [0.1, 0.15) is 49.6 Å². The molecule has 1 fully saturated rings. The van der Waals surface area contributed by atoms with E-state index >= 15 is 0 Å². The Hall–Kier alpha value is -1.39. The fourth-order valence-corrected chi connectivity index (χ4v) is 1.90. The minimum absolute atomic E-state index is 0.211. The SMILES string of the molecule is CC(C)(C)C1CC1c1nc(C(=O)O)no1. The fraction of sp³-hybridized carbons (Fsp3) is 0.700. The van der Waals surface area contributed by atoms with E-state index in [0.717, 1.165) is 6.42 Å². The Kier molecular flexibility index (Phi) is 2.06. The normalized spacial score (nSPS) is 25.3. The summed E-state index contributed by atoms with van der Waals surface area (Å²) in [6, 6.07) is 0. The van der Waals surface area contributed by atoms with Crippen LogP contribution in [0.4, 0.5) is 0 Å². The van der Waals surface area contributed by atoms with Crippen LogP contribution < -0.4 is 0 Å². The zero-order valence-electron chi connectivity index (χ0n) is 9.02. The molecule has 0 spiro atoms. The molecule has 0 aliphatic heterocycles. The maximum absolute atomic E-state index is 10.6. The third-order valence-corrected chi connectivity index (χ3v) is 2.85. The maximum atomic E-state index is 10.6. The van der Waals surface area contributed by atoms with Crippen molar-refractivity contribution in [2.75, 3.05) is 0 Å². The highest BCUT2D eigenvalue weighted by molar-refractivity contribution is 5.82. The number of aromatic carboxylic acids is 1. The van der Waals surface area contributed by atoms with Gasteiger partial charge in [0.25, 0.3) is 5.82 Å². The van der Waals surface area contributed by atoms with Crippen LogP contribution in [0.3, 0.4) is 0 Å². The van der Waals surface area contributed by atoms with Gasteiger partial charge in [-0.05, 0) is 22.9 Å². The van der Waals surface area contributed by atoms with Gasteiger partial charge in [0, 0.05) is 5.92 Å². The van der Waals surface area contributed by atoms with Crippen molar-refractivity contribution in [2.45, 2.75) is 33.1 Å². The van der Waals surface area contributed by atoms with Crippen molar-refractivity contribution in [3.63, 3.8) is 0 Å². The lowest BCUT2D eigenvalue weighted by Gasteiger charge is -2.16. The van der Waals surface area contributed by atoms with E-state index < -0.39 is 5.97 Å². The van der Waals surface area contributed by atoms with Gasteiger partial charge in [-0.1, -0.05) is 20.8 Å². The van der Waals surface area contributed by atoms with Crippen LogP contribution in [0.2, 0.25) is 0 Å². The van der Waals surface area contributed by atoms with Crippen molar-refractivity contribution in [3.8, 4) is 0 Å². The molecule has 5 nitrogen and oxygen atoms in total. The lowest BCUT2D eigenvalue weighted by molar-refractivity contribution is 0.0680. The number of aromatic nitrogens is 2. The Balaban J connectivity index is 2.10. The predicted octanol–water partition coefficient (Wildman–Crippen LogP) is 1.92. The molecule has 0 bridgehead atoms. The smallest absolute Gasteiger partial charge is 0.377 e. The summed E-state index contributed by atoms with van der Waals surface area (Å²) < 4.78 is 4.93. The minimum Gasteiger partial charge on any atom is -0.475 e. The van der Waals surface area contributed by atoms with E-state index in [0.29, 0.717) is 11.8 Å². The maximum Gasteiger partial charge on any atom is 0.377 e. The lowest BCUT2D eigenvalue weighted by atomic mass is 9.89. The highest BCUT2D eigenvalue weighted by Gasteiger charge is 2.49. The Morgan fingerprint density at radius 1 is 1.53 bits per heavy atom. The summed E-state index contributed by atoms with van der Waals surface area (Å²) in [5.74, 6) is -0.167. The second kappa shape index (κ2) is 3.05. The lowest BCUT2D eigenvalue weighted by Crippen LogP contribution is -2.09. The molecule has 15 heavy (non-hydrogen) atoms. The van der Waals surface area contributed by atoms with Gasteiger partial charge in [0.05, 0.1) is 0 Å². The average Bonchev–Trinajstić information content (AvgIpc) is 2.76. The third-order valence-electron chi connectivity index (χ3n) is 2.85. The molecule has 82 valence electrons. The van der Waals surface area contributed by atoms with Gasteiger partial charge in [-0.25, -0.2) is 4.79 Å². The van der Waals surface area contributed by atoms with Gasteiger partial charge < -0.3 is 9.63 Å². The van der Waals surface area contributed by atoms with Crippen molar-refractivity contribution in [1.29, 1.82) is 0 Å². The Bertz CT molecular complexity index is 392. The first-order chi connectivity index (χ1) is 6.89. The topological polar surface area (TPSA) is 76.2 Å². The Morgan fingerprint density at radius 3 is 2.60 bits per heavy atom. The molecule has 2 atom stereocenters. The number of carbonyl (C=O) groups is 1. The molecule has 1 heterocycles. The molecular formula is C10H14N2O3. The van der Waals surface area contributed by atoms with Crippen molar-refractivity contribution < 1.29 is 14.4 Å². The van der Waals surface area contributed by atoms with Crippen molar-refractivity contribution in [2.24, 2.45) is 11.3 Å². The highest BCUT2D eigenvalue weighted by Crippen LogP contribution is 2.56. The van der Waals surface area contributed by atoms with E-state index in [9.17, 15) is 4.79 Å². The molecule has 1 aromatic rings. The van der Waals surface area contributed by atoms with Gasteiger partial charge >= 0.3 is 5.97 Å². The van der Waals surface area contributed by atoms with Crippen LogP contribution in [-0.2, 0) is 0 Å². The number of carboxylic acids is 1. The fourth-order valence-electron chi connectivity index (χ4n) is 1.90. The number of hydrogen-bond donors (Lipinski definition) is 1. The van der Waals surface area contributed by atoms with Crippen LogP contribution in [0, 0.1) is 11.3 Å². The number of carboxylic acid groups (broad SMARTS) is 1. The Morgan fingerprint density at radius 2 is 2.20 bits per heavy atom. The third kappa shape index (κ3) is 1.86. The first kappa shape index (κ1) is 10.1. The van der Waals surface area contributed by atoms with Crippen molar-refractivity contribution >= 4 is 5.97 Å². The Labute approximate surface area is 87.5 Å². The van der Waals surface area contributed by atoms with Gasteiger partial charge in [-0.2, -0.15) is 4.98 Å². The average molecular weight is 210 g/mol. The van der Waals surface area contributed by atoms with Crippen LogP contribution in [0.5, 0.6) is 0 Å². The molecule has 1 aliphatic rings. The van der Waals surface area contributed by atoms with Crippen LogP contribution in [0.15, 0.2) is 4.52 Å². The monoisotopic (exact) mass is 210 g/mol. The van der Waals surface area contributed by atoms with Gasteiger partial charge in [-0.3, -0.25) is 0 Å². The largest absolute Gasteiger partial charge is 0.475 e. The van der Waals surface area contributed by atoms with Gasteiger partial charge in [-0.15, -0.1) is 0 Å². The van der Waals surface area contributed by atoms with Crippen LogP contribution in [0.25, 0.3) is 0 Å². The molecule has 5 heteroatoms. The molecule has 1 aliphatic carbocycles. The number of nitrogens with zero attached hydrogens (tertiary/aromatic N) is 2. The first-order valence-corrected chi connectivity index (χ1v) is 4.96. The molecule has 0 aromatic carbocycles. The van der Waals surface area contributed by atoms with E-state index in [1.807, 2.05) is 0 Å². The van der Waals surface area contributed by atoms with E-state index in [1.54, 1.807) is 0 Å². The zero-order chi connectivity index (χ0) is 11.2. The molecule has 1 N–H and O–H groups in total. The molecule has 2 unspecified atom stereocenters. The summed E-state index contributed by atoms with van der Waals surface area (Å²) in [4.78, 5) is 14.4. The number of rotatable bonds is 2. The molecule has 1 aromatic heterocycles. The van der Waals surface area contributed by atoms with Crippen LogP contribution in [-0.4, -0.2) is 21.2 Å². The number of hydrogen-bond acceptors (Lipinski definition) is 4. The van der Waals surface area contributed by atoms with Gasteiger partial charge in [0.2, 0.25) is 5.89 Å². The summed E-state index contributed by atoms with van der Waals surface area (Å²) >= 11 is 0. The molecule has 1 saturated carbocycles. The van der Waals surface area contributed by atoms with E-state index in [2.05, 4.69) is 30.9 Å². The van der Waals surface area contributed by atoms with E-state index in [1.165, 1.54) is 0 Å². The van der Waals surface area contributed by atoms with E-state index in [4.69, 9.17) is 9.63 Å². The molecular weight excluding hydrogens is 196 g/mol. The highest BCUT2D eigenvalue weighted by atomic mass is 16.5. The first-order valence-electron chi connectivity index (χ1n) is 4.96. The van der Waals surface area contributed by atoms with Gasteiger partial charge in [0.15, 0.2) is 0 Å². The summed E-state index contributed by atoms with van der Waals surface area (Å²) in [7, 11) is 0. The second-order valence-electron chi connectivity index (χ2n) is 5.08.